The fraction of sp³-hybridized carbons (Fsp3) is 0.421. The zero-order valence-electron chi connectivity index (χ0n) is 31.2. The number of aliphatic hydroxyl groups excluding tert-OH is 1. The van der Waals surface area contributed by atoms with Crippen molar-refractivity contribution in [1.29, 1.82) is 0 Å². The molecular formula is C38H35FN6O8S5. The second-order valence-corrected chi connectivity index (χ2v) is 22.6. The van der Waals surface area contributed by atoms with Crippen molar-refractivity contribution in [3.8, 4) is 0 Å². The predicted octanol–water partition coefficient (Wildman–Crippen LogP) is 3.66. The topological polar surface area (TPSA) is 169 Å². The zero-order chi connectivity index (χ0) is 40.7. The van der Waals surface area contributed by atoms with Gasteiger partial charge in [0.2, 0.25) is 9.74 Å². The van der Waals surface area contributed by atoms with Crippen molar-refractivity contribution in [3.63, 3.8) is 0 Å². The molecule has 3 N–H and O–H groups in total. The molecule has 10 heterocycles. The Balaban J connectivity index is 1.29. The summed E-state index contributed by atoms with van der Waals surface area (Å²) >= 11 is 0. The number of benzene rings is 3. The third-order valence-electron chi connectivity index (χ3n) is 14.0. The molecule has 8 saturated heterocycles. The molecule has 2 spiro atoms. The van der Waals surface area contributed by atoms with Gasteiger partial charge in [0, 0.05) is 25.5 Å². The number of hydrogen-bond acceptors (Lipinski definition) is 14. The molecule has 4 amide bonds. The van der Waals surface area contributed by atoms with E-state index in [2.05, 4.69) is 10.6 Å². The van der Waals surface area contributed by atoms with E-state index in [0.717, 1.165) is 56.6 Å². The summed E-state index contributed by atoms with van der Waals surface area (Å²) in [5.74, 6) is -2.69. The molecule has 3 aromatic rings. The number of hydrogen-bond donors (Lipinski definition) is 3. The molecule has 1 unspecified atom stereocenters. The largest absolute Gasteiger partial charge is 0.388 e. The number of rotatable bonds is 6. The molecule has 3 aromatic carbocycles. The van der Waals surface area contributed by atoms with Gasteiger partial charge in [-0.05, 0) is 82.0 Å². The van der Waals surface area contributed by atoms with Crippen molar-refractivity contribution in [2.24, 2.45) is 0 Å². The number of carbonyl (C=O) groups excluding carboxylic acids is 4. The summed E-state index contributed by atoms with van der Waals surface area (Å²) in [5.41, 5.74) is -2.05. The van der Waals surface area contributed by atoms with Crippen LogP contribution in [0.15, 0.2) is 77.7 Å². The molecule has 10 aliphatic heterocycles. The van der Waals surface area contributed by atoms with Crippen molar-refractivity contribution in [1.82, 2.24) is 19.6 Å². The van der Waals surface area contributed by atoms with Crippen LogP contribution in [0.2, 0.25) is 0 Å². The molecule has 20 heteroatoms. The average molecular weight is 883 g/mol. The van der Waals surface area contributed by atoms with Crippen molar-refractivity contribution >= 4 is 88.3 Å². The van der Waals surface area contributed by atoms with Gasteiger partial charge in [0.15, 0.2) is 9.74 Å². The second-order valence-electron chi connectivity index (χ2n) is 15.8. The fourth-order valence-corrected chi connectivity index (χ4v) is 20.5. The highest BCUT2D eigenvalue weighted by Gasteiger charge is 2.94. The third-order valence-corrected chi connectivity index (χ3v) is 22.8. The van der Waals surface area contributed by atoms with Crippen molar-refractivity contribution in [2.45, 2.75) is 86.4 Å². The van der Waals surface area contributed by atoms with Crippen molar-refractivity contribution in [3.05, 3.63) is 89.7 Å². The summed E-state index contributed by atoms with van der Waals surface area (Å²) in [6.45, 7) is 3.62. The number of nitrogens with one attached hydrogen (secondary N) is 2. The van der Waals surface area contributed by atoms with Gasteiger partial charge in [-0.3, -0.25) is 33.2 Å². The average Bonchev–Trinajstić information content (AvgIpc) is 3.88. The lowest BCUT2D eigenvalue weighted by atomic mass is 9.52. The lowest BCUT2D eigenvalue weighted by molar-refractivity contribution is -0.167. The Morgan fingerprint density at radius 3 is 1.71 bits per heavy atom. The Bertz CT molecular complexity index is 2560. The molecule has 0 aliphatic carbocycles. The van der Waals surface area contributed by atoms with Crippen LogP contribution in [0, 0.1) is 5.82 Å². The van der Waals surface area contributed by atoms with Crippen molar-refractivity contribution < 1.29 is 41.3 Å². The number of amides is 4. The minimum Gasteiger partial charge on any atom is -0.388 e. The van der Waals surface area contributed by atoms with Crippen LogP contribution in [0.25, 0.3) is 0 Å². The first-order valence-electron chi connectivity index (χ1n) is 18.7. The lowest BCUT2D eigenvalue weighted by Crippen LogP contribution is -2.78. The number of piperazine rings is 2. The van der Waals surface area contributed by atoms with E-state index in [4.69, 9.17) is 4.18 Å². The standard InChI is InChI=1S/C38H35FN6O8S5/c1-5-33-29(47)44-27-35(21-11-7-9-13-23(21)40-27,25(46)37(44,56-54-33)31(49)42(33)3)36-22-12-8-10-14-24(22)41-28(36)45-30(48)34(6-2)43(4)32(50)38(45,57-55-34)26(36)53-58(51,52)20-17-15-19(39)16-18-20/h7-18,25-28,40-41,46H,5-6H2,1-4H3/t25-,26-,27+,28+,33-,34-,35?,36+,37-,38-/m0/s1. The van der Waals surface area contributed by atoms with Gasteiger partial charge >= 0.3 is 0 Å². The maximum atomic E-state index is 15.5. The van der Waals surface area contributed by atoms with E-state index in [1.807, 2.05) is 6.92 Å². The van der Waals surface area contributed by atoms with E-state index in [1.54, 1.807) is 62.5 Å². The van der Waals surface area contributed by atoms with E-state index in [1.165, 1.54) is 37.4 Å². The third kappa shape index (κ3) is 3.58. The number of nitrogens with zero attached hydrogens (tertiary/aromatic N) is 4. The molecule has 4 bridgehead atoms. The second kappa shape index (κ2) is 11.4. The monoisotopic (exact) mass is 882 g/mol. The number of halogens is 1. The number of fused-ring (bicyclic) bond motifs is 11. The highest BCUT2D eigenvalue weighted by molar-refractivity contribution is 8.78. The van der Waals surface area contributed by atoms with E-state index >= 15 is 19.2 Å². The van der Waals surface area contributed by atoms with Crippen LogP contribution in [-0.2, 0) is 44.3 Å². The molecule has 10 atom stereocenters. The van der Waals surface area contributed by atoms with Crippen LogP contribution in [0.1, 0.15) is 37.8 Å². The van der Waals surface area contributed by atoms with Crippen LogP contribution in [-0.4, -0.2) is 115 Å². The Kier molecular flexibility index (Phi) is 7.32. The molecule has 0 aromatic heterocycles. The number of aliphatic hydroxyl groups is 1. The summed E-state index contributed by atoms with van der Waals surface area (Å²) < 4.78 is 50.7. The quantitative estimate of drug-likeness (QED) is 0.242. The molecule has 302 valence electrons. The van der Waals surface area contributed by atoms with Gasteiger partial charge in [-0.1, -0.05) is 71.8 Å². The Morgan fingerprint density at radius 2 is 1.16 bits per heavy atom. The van der Waals surface area contributed by atoms with E-state index in [9.17, 15) is 17.9 Å². The highest BCUT2D eigenvalue weighted by atomic mass is 33.1. The van der Waals surface area contributed by atoms with Gasteiger partial charge in [0.1, 0.15) is 30.4 Å². The van der Waals surface area contributed by atoms with Gasteiger partial charge in [0.05, 0.1) is 15.7 Å². The Morgan fingerprint density at radius 1 is 0.690 bits per heavy atom. The zero-order valence-corrected chi connectivity index (χ0v) is 35.2. The number of likely N-dealkylation sites (N-methyl/N-ethyl adjacent to an activating group) is 2. The Hall–Kier alpha value is -3.66. The van der Waals surface area contributed by atoms with E-state index < -0.39 is 99.3 Å². The normalized spacial score (nSPS) is 40.0. The summed E-state index contributed by atoms with van der Waals surface area (Å²) in [6.07, 6.45) is -5.72. The first-order valence-corrected chi connectivity index (χ1v) is 24.4. The summed E-state index contributed by atoms with van der Waals surface area (Å²) in [4.78, 5) is 59.7. The maximum Gasteiger partial charge on any atom is 0.297 e. The van der Waals surface area contributed by atoms with Crippen LogP contribution in [0.5, 0.6) is 0 Å². The van der Waals surface area contributed by atoms with Gasteiger partial charge in [-0.15, -0.1) is 0 Å². The van der Waals surface area contributed by atoms with Gasteiger partial charge < -0.3 is 25.5 Å². The highest BCUT2D eigenvalue weighted by Crippen LogP contribution is 2.79. The number of carbonyl (C=O) groups is 4. The molecule has 8 fully saturated rings. The summed E-state index contributed by atoms with van der Waals surface area (Å²) in [5, 5.41) is 20.9. The van der Waals surface area contributed by atoms with Gasteiger partial charge in [-0.2, -0.15) is 8.42 Å². The van der Waals surface area contributed by atoms with E-state index in [-0.39, 0.29) is 12.8 Å². The lowest BCUT2D eigenvalue weighted by Gasteiger charge is -2.59. The van der Waals surface area contributed by atoms with Crippen LogP contribution >= 0.6 is 43.2 Å². The van der Waals surface area contributed by atoms with Crippen LogP contribution in [0.4, 0.5) is 15.8 Å². The first-order chi connectivity index (χ1) is 27.6. The summed E-state index contributed by atoms with van der Waals surface area (Å²) in [7, 11) is 2.62. The molecule has 0 radical (unpaired) electrons. The van der Waals surface area contributed by atoms with Crippen LogP contribution < -0.4 is 10.6 Å². The molecule has 0 saturated carbocycles. The van der Waals surface area contributed by atoms with Crippen molar-refractivity contribution in [2.75, 3.05) is 24.7 Å². The minimum atomic E-state index is -4.93. The van der Waals surface area contributed by atoms with E-state index in [0.29, 0.717) is 22.5 Å². The smallest absolute Gasteiger partial charge is 0.297 e. The Labute approximate surface area is 348 Å². The SMILES string of the molecule is CC[C@@]12SS[C@]3(C(=O)N1C)[C@@H](O)C1([C@@]45c6ccccc6N[C@@H]4N4C(=O)[C@]6(CC)SS[C@]4(C(=O)N6C)[C@H]5OS(=O)(=O)c4ccc(F)cc4)c4ccccc4N[C@@H]1N3C2=O. The molecule has 10 aliphatic rings. The van der Waals surface area contributed by atoms with Crippen LogP contribution in [0.3, 0.4) is 0 Å². The molecule has 14 nitrogen and oxygen atoms in total. The van der Waals surface area contributed by atoms with Gasteiger partial charge in [0.25, 0.3) is 33.7 Å². The molecule has 58 heavy (non-hydrogen) atoms. The molecule has 13 rings (SSSR count). The number of anilines is 2. The summed E-state index contributed by atoms with van der Waals surface area (Å²) in [6, 6.07) is 18.2. The van der Waals surface area contributed by atoms with Gasteiger partial charge in [-0.25, -0.2) is 4.39 Å². The minimum absolute atomic E-state index is 0.213. The number of para-hydroxylation sites is 2. The molecular weight excluding hydrogens is 848 g/mol. The first kappa shape index (κ1) is 37.3. The maximum absolute atomic E-state index is 15.5. The predicted molar refractivity (Wildman–Crippen MR) is 217 cm³/mol. The fourth-order valence-electron chi connectivity index (χ4n) is 11.4.